The van der Waals surface area contributed by atoms with Crippen LogP contribution >= 0.6 is 0 Å². The minimum absolute atomic E-state index is 0.0122. The zero-order valence-electron chi connectivity index (χ0n) is 10.5. The summed E-state index contributed by atoms with van der Waals surface area (Å²) >= 11 is 0. The fraction of sp³-hybridized carbons (Fsp3) is 0.250. The third-order valence-electron chi connectivity index (χ3n) is 2.52. The summed E-state index contributed by atoms with van der Waals surface area (Å²) in [4.78, 5) is 0. The largest absolute Gasteiger partial charge is 0.437 e. The standard InChI is InChI=1S/C12H8F6N2O/c1-20-5-4-10(19-20)21-9-3-2-7(11(13,14)15)6-8(9)12(16,17)18/h2-6H,1H3. The van der Waals surface area contributed by atoms with Crippen LogP contribution < -0.4 is 4.74 Å². The van der Waals surface area contributed by atoms with Gasteiger partial charge in [-0.2, -0.15) is 26.3 Å². The van der Waals surface area contributed by atoms with E-state index in [4.69, 9.17) is 4.74 Å². The van der Waals surface area contributed by atoms with Crippen molar-refractivity contribution in [1.82, 2.24) is 9.78 Å². The van der Waals surface area contributed by atoms with Crippen molar-refractivity contribution in [2.24, 2.45) is 7.05 Å². The van der Waals surface area contributed by atoms with Gasteiger partial charge in [-0.25, -0.2) is 0 Å². The molecule has 0 saturated heterocycles. The highest BCUT2D eigenvalue weighted by Gasteiger charge is 2.39. The number of halogens is 6. The van der Waals surface area contributed by atoms with Gasteiger partial charge in [0, 0.05) is 19.3 Å². The average molecular weight is 310 g/mol. The van der Waals surface area contributed by atoms with Crippen molar-refractivity contribution in [2.75, 3.05) is 0 Å². The molecule has 21 heavy (non-hydrogen) atoms. The molecule has 0 aliphatic rings. The Kier molecular flexibility index (Phi) is 3.60. The average Bonchev–Trinajstić information content (AvgIpc) is 2.72. The molecule has 0 atom stereocenters. The van der Waals surface area contributed by atoms with E-state index in [1.165, 1.54) is 24.0 Å². The first-order valence-corrected chi connectivity index (χ1v) is 5.53. The van der Waals surface area contributed by atoms with E-state index in [-0.39, 0.29) is 11.9 Å². The number of hydrogen-bond donors (Lipinski definition) is 0. The monoisotopic (exact) mass is 310 g/mol. The van der Waals surface area contributed by atoms with Gasteiger partial charge in [-0.05, 0) is 18.2 Å². The maximum absolute atomic E-state index is 12.9. The molecule has 0 aliphatic heterocycles. The smallest absolute Gasteiger partial charge is 0.420 e. The second-order valence-electron chi connectivity index (χ2n) is 4.14. The quantitative estimate of drug-likeness (QED) is 0.775. The second-order valence-corrected chi connectivity index (χ2v) is 4.14. The second kappa shape index (κ2) is 4.97. The SMILES string of the molecule is Cn1ccc(Oc2ccc(C(F)(F)F)cc2C(F)(F)F)n1. The van der Waals surface area contributed by atoms with Crippen molar-refractivity contribution in [3.05, 3.63) is 41.6 Å². The molecule has 0 spiro atoms. The predicted octanol–water partition coefficient (Wildman–Crippen LogP) is 4.25. The summed E-state index contributed by atoms with van der Waals surface area (Å²) < 4.78 is 82.2. The molecular formula is C12H8F6N2O. The summed E-state index contributed by atoms with van der Waals surface area (Å²) in [5, 5.41) is 3.71. The maximum atomic E-state index is 12.9. The first kappa shape index (κ1) is 15.2. The third kappa shape index (κ3) is 3.47. The number of benzene rings is 1. The van der Waals surface area contributed by atoms with E-state index in [2.05, 4.69) is 5.10 Å². The van der Waals surface area contributed by atoms with Crippen LogP contribution in [0.5, 0.6) is 11.6 Å². The molecule has 1 aromatic carbocycles. The molecule has 0 fully saturated rings. The molecule has 2 rings (SSSR count). The minimum Gasteiger partial charge on any atom is -0.437 e. The van der Waals surface area contributed by atoms with Crippen LogP contribution in [-0.2, 0) is 19.4 Å². The molecule has 0 unspecified atom stereocenters. The number of aromatic nitrogens is 2. The summed E-state index contributed by atoms with van der Waals surface area (Å²) in [6.45, 7) is 0. The molecular weight excluding hydrogens is 302 g/mol. The van der Waals surface area contributed by atoms with Gasteiger partial charge in [0.15, 0.2) is 0 Å². The molecule has 3 nitrogen and oxygen atoms in total. The first-order valence-electron chi connectivity index (χ1n) is 5.53. The van der Waals surface area contributed by atoms with E-state index in [9.17, 15) is 26.3 Å². The summed E-state index contributed by atoms with van der Waals surface area (Å²) in [5.74, 6) is -0.892. The predicted molar refractivity (Wildman–Crippen MR) is 59.7 cm³/mol. The molecule has 0 amide bonds. The highest BCUT2D eigenvalue weighted by Crippen LogP contribution is 2.41. The lowest BCUT2D eigenvalue weighted by Crippen LogP contribution is -2.12. The molecule has 0 N–H and O–H groups in total. The van der Waals surface area contributed by atoms with Crippen molar-refractivity contribution < 1.29 is 31.1 Å². The summed E-state index contributed by atoms with van der Waals surface area (Å²) in [6, 6.07) is 2.45. The molecule has 1 heterocycles. The van der Waals surface area contributed by atoms with Crippen LogP contribution in [0.25, 0.3) is 0 Å². The Morgan fingerprint density at radius 2 is 1.67 bits per heavy atom. The van der Waals surface area contributed by atoms with Gasteiger partial charge in [-0.3, -0.25) is 4.68 Å². The van der Waals surface area contributed by atoms with E-state index in [1.54, 1.807) is 0 Å². The Morgan fingerprint density at radius 3 is 2.14 bits per heavy atom. The van der Waals surface area contributed by atoms with Crippen molar-refractivity contribution in [1.29, 1.82) is 0 Å². The molecule has 0 radical (unpaired) electrons. The van der Waals surface area contributed by atoms with E-state index in [0.717, 1.165) is 0 Å². The number of rotatable bonds is 2. The Morgan fingerprint density at radius 1 is 1.00 bits per heavy atom. The molecule has 2 aromatic rings. The van der Waals surface area contributed by atoms with Crippen LogP contribution in [-0.4, -0.2) is 9.78 Å². The van der Waals surface area contributed by atoms with E-state index in [1.807, 2.05) is 0 Å². The van der Waals surface area contributed by atoms with Crippen LogP contribution in [0.4, 0.5) is 26.3 Å². The van der Waals surface area contributed by atoms with Gasteiger partial charge in [0.25, 0.3) is 0 Å². The zero-order valence-corrected chi connectivity index (χ0v) is 10.5. The summed E-state index contributed by atoms with van der Waals surface area (Å²) in [5.41, 5.74) is -2.91. The van der Waals surface area contributed by atoms with Gasteiger partial charge < -0.3 is 4.74 Å². The van der Waals surface area contributed by atoms with Crippen LogP contribution in [0.2, 0.25) is 0 Å². The lowest BCUT2D eigenvalue weighted by Gasteiger charge is -2.15. The van der Waals surface area contributed by atoms with Gasteiger partial charge in [-0.15, -0.1) is 5.10 Å². The fourth-order valence-corrected chi connectivity index (χ4v) is 1.58. The molecule has 114 valence electrons. The Hall–Kier alpha value is -2.19. The highest BCUT2D eigenvalue weighted by molar-refractivity contribution is 5.42. The topological polar surface area (TPSA) is 27.1 Å². The molecule has 1 aromatic heterocycles. The van der Waals surface area contributed by atoms with Crippen molar-refractivity contribution in [3.63, 3.8) is 0 Å². The van der Waals surface area contributed by atoms with Crippen molar-refractivity contribution in [2.45, 2.75) is 12.4 Å². The normalized spacial score (nSPS) is 12.5. The lowest BCUT2D eigenvalue weighted by molar-refractivity contribution is -0.143. The highest BCUT2D eigenvalue weighted by atomic mass is 19.4. The van der Waals surface area contributed by atoms with Crippen LogP contribution in [0.3, 0.4) is 0 Å². The number of aryl methyl sites for hydroxylation is 1. The fourth-order valence-electron chi connectivity index (χ4n) is 1.58. The van der Waals surface area contributed by atoms with Gasteiger partial charge in [0.1, 0.15) is 5.75 Å². The third-order valence-corrected chi connectivity index (χ3v) is 2.52. The Balaban J connectivity index is 2.45. The lowest BCUT2D eigenvalue weighted by atomic mass is 10.1. The van der Waals surface area contributed by atoms with Gasteiger partial charge in [0.2, 0.25) is 5.88 Å². The van der Waals surface area contributed by atoms with Crippen LogP contribution in [0.1, 0.15) is 11.1 Å². The van der Waals surface area contributed by atoms with Gasteiger partial charge in [0.05, 0.1) is 11.1 Å². The first-order chi connectivity index (χ1) is 9.57. The number of ether oxygens (including phenoxy) is 1. The van der Waals surface area contributed by atoms with E-state index in [0.29, 0.717) is 12.1 Å². The number of alkyl halides is 6. The Bertz CT molecular complexity index is 644. The molecule has 0 bridgehead atoms. The van der Waals surface area contributed by atoms with Crippen molar-refractivity contribution >= 4 is 0 Å². The van der Waals surface area contributed by atoms with E-state index >= 15 is 0 Å². The van der Waals surface area contributed by atoms with Gasteiger partial charge in [-0.1, -0.05) is 0 Å². The van der Waals surface area contributed by atoms with Crippen LogP contribution in [0.15, 0.2) is 30.5 Å². The van der Waals surface area contributed by atoms with Gasteiger partial charge >= 0.3 is 12.4 Å². The molecule has 0 saturated carbocycles. The Labute approximate surface area is 114 Å². The van der Waals surface area contributed by atoms with Crippen molar-refractivity contribution in [3.8, 4) is 11.6 Å². The minimum atomic E-state index is -4.98. The van der Waals surface area contributed by atoms with E-state index < -0.39 is 29.2 Å². The number of hydrogen-bond acceptors (Lipinski definition) is 2. The maximum Gasteiger partial charge on any atom is 0.420 e. The van der Waals surface area contributed by atoms with Crippen LogP contribution in [0, 0.1) is 0 Å². The molecule has 0 aliphatic carbocycles. The molecule has 9 heteroatoms. The summed E-state index contributed by atoms with van der Waals surface area (Å²) in [6.07, 6.45) is -8.43. The number of nitrogens with zero attached hydrogens (tertiary/aromatic N) is 2. The summed E-state index contributed by atoms with van der Waals surface area (Å²) in [7, 11) is 1.52. The zero-order chi connectivity index (χ0) is 15.8.